The Labute approximate surface area is 241 Å². The molecule has 15 heteroatoms. The summed E-state index contributed by atoms with van der Waals surface area (Å²) >= 11 is 12.2. The van der Waals surface area contributed by atoms with Crippen LogP contribution in [0.4, 0.5) is 22.0 Å². The number of aliphatic carboxylic acids is 1. The number of Topliss-reactive ketones (excluding diaryl/α,β-unsaturated/α-hetero) is 1. The molecule has 1 N–H and O–H groups in total. The second kappa shape index (κ2) is 12.2. The number of amides is 1. The van der Waals surface area contributed by atoms with Crippen LogP contribution in [0.3, 0.4) is 0 Å². The summed E-state index contributed by atoms with van der Waals surface area (Å²) in [5.41, 5.74) is -2.27. The summed E-state index contributed by atoms with van der Waals surface area (Å²) in [6.07, 6.45) is -2.23. The summed E-state index contributed by atoms with van der Waals surface area (Å²) in [7, 11) is 0. The van der Waals surface area contributed by atoms with Gasteiger partial charge in [0.25, 0.3) is 5.91 Å². The van der Waals surface area contributed by atoms with Crippen molar-refractivity contribution in [2.75, 3.05) is 13.1 Å². The Bertz CT molecular complexity index is 1280. The molecule has 41 heavy (non-hydrogen) atoms. The molecule has 0 radical (unpaired) electrons. The quantitative estimate of drug-likeness (QED) is 0.263. The second-order valence-electron chi connectivity index (χ2n) is 10.6. The number of ketones is 1. The van der Waals surface area contributed by atoms with Gasteiger partial charge in [0.05, 0.1) is 45.9 Å². The van der Waals surface area contributed by atoms with Crippen molar-refractivity contribution in [3.63, 3.8) is 0 Å². The molecule has 0 bridgehead atoms. The number of carbonyl (C=O) groups is 3. The first kappa shape index (κ1) is 31.1. The minimum atomic E-state index is -5.01. The summed E-state index contributed by atoms with van der Waals surface area (Å²) in [4.78, 5) is 42.8. The van der Waals surface area contributed by atoms with Crippen LogP contribution in [0.2, 0.25) is 10.0 Å². The lowest BCUT2D eigenvalue weighted by Gasteiger charge is -2.33. The highest BCUT2D eigenvalue weighted by atomic mass is 35.5. The molecule has 4 rings (SSSR count). The van der Waals surface area contributed by atoms with Gasteiger partial charge < -0.3 is 10.0 Å². The third-order valence-electron chi connectivity index (χ3n) is 7.76. The van der Waals surface area contributed by atoms with Gasteiger partial charge in [0, 0.05) is 31.8 Å². The van der Waals surface area contributed by atoms with Crippen LogP contribution in [0.25, 0.3) is 0 Å². The van der Waals surface area contributed by atoms with Gasteiger partial charge in [0.1, 0.15) is 0 Å². The Morgan fingerprint density at radius 1 is 1.00 bits per heavy atom. The molecule has 0 atom stereocenters. The lowest BCUT2D eigenvalue weighted by molar-refractivity contribution is -0.147. The van der Waals surface area contributed by atoms with Gasteiger partial charge >= 0.3 is 12.1 Å². The molecule has 8 nitrogen and oxygen atoms in total. The molecule has 0 aromatic carbocycles. The molecule has 2 heterocycles. The molecule has 0 unspecified atom stereocenters. The van der Waals surface area contributed by atoms with E-state index in [9.17, 15) is 41.4 Å². The molecule has 0 saturated heterocycles. The molecular weight excluding hydrogens is 598 g/mol. The van der Waals surface area contributed by atoms with Crippen molar-refractivity contribution in [2.45, 2.75) is 69.5 Å². The van der Waals surface area contributed by atoms with Crippen LogP contribution in [0, 0.1) is 11.8 Å². The topological polar surface area (TPSA) is 105 Å². The standard InChI is InChI=1S/C26H27Cl2F5N4O4/c27-18-10-34-11-19(28)21(18)20(38)13-36(12-14-5-7-25(29,30)8-6-14)23(39)17-9-35-37(22(17)26(31,32)33)16-3-1-15(2-4-16)24(40)41/h9-11,14-16H,1-8,12-13H2,(H,40,41)/t15-,16-. The first-order valence-corrected chi connectivity index (χ1v) is 13.8. The monoisotopic (exact) mass is 624 g/mol. The summed E-state index contributed by atoms with van der Waals surface area (Å²) in [6.45, 7) is -0.950. The van der Waals surface area contributed by atoms with E-state index >= 15 is 0 Å². The number of rotatable bonds is 8. The van der Waals surface area contributed by atoms with E-state index in [4.69, 9.17) is 23.2 Å². The van der Waals surface area contributed by atoms with Gasteiger partial charge in [0.2, 0.25) is 5.92 Å². The first-order valence-electron chi connectivity index (χ1n) is 13.0. The zero-order chi connectivity index (χ0) is 30.1. The van der Waals surface area contributed by atoms with Gasteiger partial charge in [-0.25, -0.2) is 8.78 Å². The highest BCUT2D eigenvalue weighted by Gasteiger charge is 2.44. The van der Waals surface area contributed by atoms with E-state index in [-0.39, 0.29) is 60.7 Å². The summed E-state index contributed by atoms with van der Waals surface area (Å²) < 4.78 is 71.4. The molecular formula is C26H27Cl2F5N4O4. The third-order valence-corrected chi connectivity index (χ3v) is 8.33. The smallest absolute Gasteiger partial charge is 0.433 e. The van der Waals surface area contributed by atoms with Gasteiger partial charge in [-0.3, -0.25) is 24.0 Å². The number of carboxylic acid groups (broad SMARTS) is 1. The number of alkyl halides is 5. The number of halogens is 7. The molecule has 2 aliphatic rings. The van der Waals surface area contributed by atoms with Gasteiger partial charge in [-0.15, -0.1) is 0 Å². The van der Waals surface area contributed by atoms with Crippen molar-refractivity contribution < 1.29 is 41.4 Å². The van der Waals surface area contributed by atoms with E-state index in [1.165, 1.54) is 0 Å². The molecule has 0 spiro atoms. The summed E-state index contributed by atoms with van der Waals surface area (Å²) in [5, 5.41) is 12.9. The zero-order valence-corrected chi connectivity index (χ0v) is 23.2. The number of aromatic nitrogens is 3. The Balaban J connectivity index is 1.66. The molecule has 0 aliphatic heterocycles. The highest BCUT2D eigenvalue weighted by Crippen LogP contribution is 2.40. The van der Waals surface area contributed by atoms with Crippen molar-refractivity contribution in [3.8, 4) is 0 Å². The highest BCUT2D eigenvalue weighted by molar-refractivity contribution is 6.39. The number of pyridine rings is 1. The van der Waals surface area contributed by atoms with E-state index in [1.54, 1.807) is 0 Å². The molecule has 1 amide bonds. The van der Waals surface area contributed by atoms with E-state index in [1.807, 2.05) is 0 Å². The van der Waals surface area contributed by atoms with Gasteiger partial charge in [0.15, 0.2) is 11.5 Å². The maximum atomic E-state index is 14.4. The average molecular weight is 625 g/mol. The zero-order valence-electron chi connectivity index (χ0n) is 21.6. The van der Waals surface area contributed by atoms with Crippen molar-refractivity contribution in [1.29, 1.82) is 0 Å². The number of nitrogens with zero attached hydrogens (tertiary/aromatic N) is 4. The fraction of sp³-hybridized carbons (Fsp3) is 0.577. The maximum absolute atomic E-state index is 14.4. The fourth-order valence-electron chi connectivity index (χ4n) is 5.56. The number of hydrogen-bond donors (Lipinski definition) is 1. The number of carboxylic acids is 1. The predicted octanol–water partition coefficient (Wildman–Crippen LogP) is 6.57. The maximum Gasteiger partial charge on any atom is 0.433 e. The normalized spacial score (nSPS) is 21.4. The van der Waals surface area contributed by atoms with E-state index in [0.717, 1.165) is 23.5 Å². The molecule has 2 aromatic heterocycles. The number of hydrogen-bond acceptors (Lipinski definition) is 5. The van der Waals surface area contributed by atoms with Crippen LogP contribution in [0.15, 0.2) is 18.6 Å². The lowest BCUT2D eigenvalue weighted by atomic mass is 9.86. The average Bonchev–Trinajstić information content (AvgIpc) is 3.35. The second-order valence-corrected chi connectivity index (χ2v) is 11.4. The van der Waals surface area contributed by atoms with Crippen LogP contribution in [-0.2, 0) is 11.0 Å². The Kier molecular flexibility index (Phi) is 9.27. The largest absolute Gasteiger partial charge is 0.481 e. The van der Waals surface area contributed by atoms with Crippen molar-refractivity contribution in [3.05, 3.63) is 45.5 Å². The third kappa shape index (κ3) is 7.17. The minimum Gasteiger partial charge on any atom is -0.481 e. The Morgan fingerprint density at radius 2 is 1.59 bits per heavy atom. The molecule has 2 aromatic rings. The Hall–Kier alpha value is -2.80. The van der Waals surface area contributed by atoms with Crippen molar-refractivity contribution >= 4 is 40.9 Å². The van der Waals surface area contributed by atoms with Gasteiger partial charge in [-0.2, -0.15) is 18.3 Å². The predicted molar refractivity (Wildman–Crippen MR) is 137 cm³/mol. The van der Waals surface area contributed by atoms with Crippen LogP contribution < -0.4 is 0 Å². The van der Waals surface area contributed by atoms with Crippen LogP contribution >= 0.6 is 23.2 Å². The summed E-state index contributed by atoms with van der Waals surface area (Å²) in [5.74, 6) is -6.95. The van der Waals surface area contributed by atoms with Gasteiger partial charge in [-0.05, 0) is 44.4 Å². The van der Waals surface area contributed by atoms with Crippen molar-refractivity contribution in [1.82, 2.24) is 19.7 Å². The Morgan fingerprint density at radius 3 is 2.12 bits per heavy atom. The minimum absolute atomic E-state index is 0.0138. The first-order chi connectivity index (χ1) is 19.2. The molecule has 2 fully saturated rings. The van der Waals surface area contributed by atoms with E-state index in [0.29, 0.717) is 4.68 Å². The van der Waals surface area contributed by atoms with Crippen molar-refractivity contribution in [2.24, 2.45) is 11.8 Å². The molecule has 2 aliphatic carbocycles. The van der Waals surface area contributed by atoms with E-state index < -0.39 is 78.3 Å². The fourth-order valence-corrected chi connectivity index (χ4v) is 6.13. The van der Waals surface area contributed by atoms with E-state index in [2.05, 4.69) is 10.1 Å². The lowest BCUT2D eigenvalue weighted by Crippen LogP contribution is -2.41. The van der Waals surface area contributed by atoms with Crippen LogP contribution in [0.1, 0.15) is 83.8 Å². The SMILES string of the molecule is O=C(CN(CC1CCC(F)(F)CC1)C(=O)c1cnn([C@H]2CC[C@H](C(=O)O)CC2)c1C(F)(F)F)c1c(Cl)cncc1Cl. The molecule has 2 saturated carbocycles. The summed E-state index contributed by atoms with van der Waals surface area (Å²) in [6, 6.07) is -0.783. The number of carbonyl (C=O) groups excluding carboxylic acids is 2. The van der Waals surface area contributed by atoms with Crippen LogP contribution in [0.5, 0.6) is 0 Å². The van der Waals surface area contributed by atoms with Crippen LogP contribution in [-0.4, -0.2) is 61.4 Å². The molecule has 224 valence electrons. The van der Waals surface area contributed by atoms with Gasteiger partial charge in [-0.1, -0.05) is 23.2 Å².